The van der Waals surface area contributed by atoms with Crippen molar-refractivity contribution in [2.75, 3.05) is 39.8 Å². The molecule has 6 nitrogen and oxygen atoms in total. The average molecular weight is 426 g/mol. The Kier molecular flexibility index (Phi) is 6.88. The summed E-state index contributed by atoms with van der Waals surface area (Å²) in [6.45, 7) is 3.94. The number of thioether (sulfide) groups is 1. The number of hydrogen-bond acceptors (Lipinski definition) is 5. The molecule has 144 valence electrons. The number of quaternary nitrogens is 1. The van der Waals surface area contributed by atoms with Crippen LogP contribution >= 0.6 is 35.6 Å². The van der Waals surface area contributed by atoms with E-state index in [0.717, 1.165) is 31.7 Å². The van der Waals surface area contributed by atoms with E-state index in [0.29, 0.717) is 14.2 Å². The van der Waals surface area contributed by atoms with Crippen molar-refractivity contribution in [1.29, 1.82) is 0 Å². The van der Waals surface area contributed by atoms with E-state index in [1.165, 1.54) is 21.6 Å². The molecule has 0 aromatic heterocycles. The van der Waals surface area contributed by atoms with Crippen molar-refractivity contribution in [3.8, 4) is 0 Å². The lowest BCUT2D eigenvalue weighted by molar-refractivity contribution is -0.884. The Labute approximate surface area is 173 Å². The van der Waals surface area contributed by atoms with Crippen molar-refractivity contribution in [3.05, 3.63) is 39.8 Å². The molecule has 0 radical (unpaired) electrons. The first-order valence-corrected chi connectivity index (χ1v) is 10.4. The van der Waals surface area contributed by atoms with Gasteiger partial charge in [0.15, 0.2) is 0 Å². The standard InChI is InChI=1S/C18H21ClN4O2S2/c1-21-8-10-22(11-9-21)20-16(24)6-7-23-17(25)15(27-18(23)26)12-13-4-2-3-5-14(13)19/h2-5,12H,6-11H2,1H3,(H,20,24)/p+1/b15-12-. The molecule has 2 aliphatic rings. The molecule has 2 saturated heterocycles. The van der Waals surface area contributed by atoms with Crippen LogP contribution in [0, 0.1) is 0 Å². The van der Waals surface area contributed by atoms with Gasteiger partial charge in [-0.1, -0.05) is 53.8 Å². The quantitative estimate of drug-likeness (QED) is 0.539. The number of thiocarbonyl (C=S) groups is 1. The second kappa shape index (κ2) is 9.16. The Morgan fingerprint density at radius 1 is 1.37 bits per heavy atom. The Hall–Kier alpha value is -1.45. The van der Waals surface area contributed by atoms with Crippen LogP contribution < -0.4 is 10.3 Å². The van der Waals surface area contributed by atoms with E-state index >= 15 is 0 Å². The molecule has 0 atom stereocenters. The molecule has 0 unspecified atom stereocenters. The molecule has 0 bridgehead atoms. The zero-order chi connectivity index (χ0) is 19.4. The smallest absolute Gasteiger partial charge is 0.266 e. The summed E-state index contributed by atoms with van der Waals surface area (Å²) in [5.41, 5.74) is 3.69. The summed E-state index contributed by atoms with van der Waals surface area (Å²) in [7, 11) is 2.14. The highest BCUT2D eigenvalue weighted by atomic mass is 35.5. The third-order valence-electron chi connectivity index (χ3n) is 4.53. The summed E-state index contributed by atoms with van der Waals surface area (Å²) in [4.78, 5) is 28.3. The van der Waals surface area contributed by atoms with Crippen LogP contribution in [-0.2, 0) is 9.59 Å². The number of nitrogens with zero attached hydrogens (tertiary/aromatic N) is 2. The number of hydrogen-bond donors (Lipinski definition) is 2. The van der Waals surface area contributed by atoms with E-state index in [9.17, 15) is 9.59 Å². The van der Waals surface area contributed by atoms with Crippen molar-refractivity contribution in [3.63, 3.8) is 0 Å². The van der Waals surface area contributed by atoms with E-state index < -0.39 is 0 Å². The van der Waals surface area contributed by atoms with E-state index in [1.807, 2.05) is 23.2 Å². The fourth-order valence-corrected chi connectivity index (χ4v) is 4.36. The van der Waals surface area contributed by atoms with Gasteiger partial charge in [0.25, 0.3) is 5.91 Å². The first-order chi connectivity index (χ1) is 12.9. The van der Waals surface area contributed by atoms with Gasteiger partial charge in [0.05, 0.1) is 38.1 Å². The number of hydrazine groups is 1. The molecule has 0 aliphatic carbocycles. The predicted molar refractivity (Wildman–Crippen MR) is 112 cm³/mol. The monoisotopic (exact) mass is 425 g/mol. The predicted octanol–water partition coefficient (Wildman–Crippen LogP) is 0.793. The molecule has 2 amide bonds. The zero-order valence-electron chi connectivity index (χ0n) is 15.0. The van der Waals surface area contributed by atoms with E-state index in [1.54, 1.807) is 12.1 Å². The van der Waals surface area contributed by atoms with Crippen molar-refractivity contribution in [2.45, 2.75) is 6.42 Å². The molecule has 1 aromatic carbocycles. The Bertz CT molecular complexity index is 778. The van der Waals surface area contributed by atoms with E-state index in [4.69, 9.17) is 23.8 Å². The van der Waals surface area contributed by atoms with Gasteiger partial charge in [0.2, 0.25) is 5.91 Å². The summed E-state index contributed by atoms with van der Waals surface area (Å²) in [5, 5.41) is 2.52. The second-order valence-corrected chi connectivity index (χ2v) is 8.67. The summed E-state index contributed by atoms with van der Waals surface area (Å²) in [6.07, 6.45) is 1.96. The van der Waals surface area contributed by atoms with Gasteiger partial charge in [-0.25, -0.2) is 5.01 Å². The molecule has 3 rings (SSSR count). The molecule has 0 saturated carbocycles. The number of halogens is 1. The van der Waals surface area contributed by atoms with Gasteiger partial charge < -0.3 is 4.90 Å². The minimum atomic E-state index is -0.180. The molecule has 0 spiro atoms. The maximum atomic E-state index is 12.6. The first kappa shape index (κ1) is 20.3. The summed E-state index contributed by atoms with van der Waals surface area (Å²) in [5.74, 6) is -0.278. The Morgan fingerprint density at radius 2 is 2.07 bits per heavy atom. The van der Waals surface area contributed by atoms with Gasteiger partial charge in [-0.15, -0.1) is 0 Å². The summed E-state index contributed by atoms with van der Waals surface area (Å²) >= 11 is 12.7. The van der Waals surface area contributed by atoms with Crippen LogP contribution in [0.15, 0.2) is 29.2 Å². The molecule has 2 aliphatic heterocycles. The van der Waals surface area contributed by atoms with E-state index in [-0.39, 0.29) is 24.8 Å². The fourth-order valence-electron chi connectivity index (χ4n) is 2.87. The second-order valence-electron chi connectivity index (χ2n) is 6.58. The SMILES string of the molecule is C[NH+]1CCN(NC(=O)CCN2C(=O)/C(=C/c3ccccc3Cl)SC2=S)CC1. The number of carbonyl (C=O) groups is 2. The van der Waals surface area contributed by atoms with Crippen LogP contribution in [0.5, 0.6) is 0 Å². The van der Waals surface area contributed by atoms with Gasteiger partial charge in [0.1, 0.15) is 4.32 Å². The Morgan fingerprint density at radius 3 is 2.78 bits per heavy atom. The van der Waals surface area contributed by atoms with Crippen molar-refractivity contribution >= 4 is 57.8 Å². The lowest BCUT2D eigenvalue weighted by atomic mass is 10.2. The number of rotatable bonds is 5. The minimum absolute atomic E-state index is 0.0984. The maximum Gasteiger partial charge on any atom is 0.266 e. The highest BCUT2D eigenvalue weighted by molar-refractivity contribution is 8.26. The van der Waals surface area contributed by atoms with Gasteiger partial charge in [-0.3, -0.25) is 19.9 Å². The molecule has 27 heavy (non-hydrogen) atoms. The van der Waals surface area contributed by atoms with Gasteiger partial charge in [-0.2, -0.15) is 0 Å². The number of carbonyl (C=O) groups excluding carboxylic acids is 2. The highest BCUT2D eigenvalue weighted by Crippen LogP contribution is 2.33. The maximum absolute atomic E-state index is 12.6. The number of nitrogens with one attached hydrogen (secondary N) is 2. The Balaban J connectivity index is 1.55. The topological polar surface area (TPSA) is 57.1 Å². The van der Waals surface area contributed by atoms with E-state index in [2.05, 4.69) is 12.5 Å². The van der Waals surface area contributed by atoms with Crippen LogP contribution in [0.4, 0.5) is 0 Å². The summed E-state index contributed by atoms with van der Waals surface area (Å²) < 4.78 is 0.467. The van der Waals surface area contributed by atoms with Crippen LogP contribution in [0.3, 0.4) is 0 Å². The first-order valence-electron chi connectivity index (χ1n) is 8.79. The fraction of sp³-hybridized carbons (Fsp3) is 0.389. The number of amides is 2. The van der Waals surface area contributed by atoms with Gasteiger partial charge in [0, 0.05) is 18.0 Å². The van der Waals surface area contributed by atoms with Crippen LogP contribution in [0.2, 0.25) is 5.02 Å². The number of benzene rings is 1. The third-order valence-corrected chi connectivity index (χ3v) is 6.25. The van der Waals surface area contributed by atoms with Crippen molar-refractivity contribution in [2.24, 2.45) is 0 Å². The molecule has 9 heteroatoms. The van der Waals surface area contributed by atoms with Crippen LogP contribution in [0.25, 0.3) is 6.08 Å². The highest BCUT2D eigenvalue weighted by Gasteiger charge is 2.32. The molecule has 1 aromatic rings. The largest absolute Gasteiger partial charge is 0.335 e. The van der Waals surface area contributed by atoms with Crippen LogP contribution in [-0.4, -0.2) is 65.8 Å². The number of likely N-dealkylation sites (N-methyl/N-ethyl adjacent to an activating group) is 1. The normalized spacial score (nSPS) is 20.5. The number of piperazine rings is 1. The minimum Gasteiger partial charge on any atom is -0.335 e. The summed E-state index contributed by atoms with van der Waals surface area (Å²) in [6, 6.07) is 7.33. The zero-order valence-corrected chi connectivity index (χ0v) is 17.4. The van der Waals surface area contributed by atoms with Crippen molar-refractivity contribution < 1.29 is 14.5 Å². The molecule has 2 heterocycles. The molecular formula is C18H22ClN4O2S2+. The average Bonchev–Trinajstić information content (AvgIpc) is 2.90. The molecular weight excluding hydrogens is 404 g/mol. The lowest BCUT2D eigenvalue weighted by Crippen LogP contribution is -3.12. The molecule has 2 fully saturated rings. The van der Waals surface area contributed by atoms with Gasteiger partial charge >= 0.3 is 0 Å². The molecule has 2 N–H and O–H groups in total. The lowest BCUT2D eigenvalue weighted by Gasteiger charge is -2.30. The van der Waals surface area contributed by atoms with Crippen LogP contribution in [0.1, 0.15) is 12.0 Å². The third kappa shape index (κ3) is 5.30. The van der Waals surface area contributed by atoms with Gasteiger partial charge in [-0.05, 0) is 17.7 Å². The van der Waals surface area contributed by atoms with Crippen molar-refractivity contribution in [1.82, 2.24) is 15.3 Å².